The van der Waals surface area contributed by atoms with Crippen LogP contribution in [0.5, 0.6) is 5.75 Å². The smallest absolute Gasteiger partial charge is 0.409 e. The molecule has 0 spiro atoms. The Kier molecular flexibility index (Phi) is 3.19. The van der Waals surface area contributed by atoms with Gasteiger partial charge in [0.15, 0.2) is 5.78 Å². The van der Waals surface area contributed by atoms with Gasteiger partial charge in [0.25, 0.3) is 0 Å². The van der Waals surface area contributed by atoms with Crippen molar-refractivity contribution in [2.45, 2.75) is 6.92 Å². The molecule has 5 heteroatoms. The van der Waals surface area contributed by atoms with Crippen LogP contribution in [-0.4, -0.2) is 11.2 Å². The molecule has 0 fully saturated rings. The van der Waals surface area contributed by atoms with Crippen molar-refractivity contribution < 1.29 is 18.7 Å². The highest BCUT2D eigenvalue weighted by molar-refractivity contribution is 6.61. The van der Waals surface area contributed by atoms with Gasteiger partial charge in [0.1, 0.15) is 11.6 Å². The number of ether oxygens (including phenoxy) is 1. The highest BCUT2D eigenvalue weighted by atomic mass is 35.5. The number of carbonyl (C=O) groups is 2. The van der Waals surface area contributed by atoms with Gasteiger partial charge in [-0.05, 0) is 25.1 Å². The second-order valence-corrected chi connectivity index (χ2v) is 2.84. The Hall–Kier alpha value is -1.42. The summed E-state index contributed by atoms with van der Waals surface area (Å²) in [5.41, 5.74) is -1.09. The first-order valence-corrected chi connectivity index (χ1v) is 4.06. The third-order valence-corrected chi connectivity index (χ3v) is 1.59. The number of hydrogen-bond acceptors (Lipinski definition) is 3. The highest BCUT2D eigenvalue weighted by Crippen LogP contribution is 2.20. The predicted molar refractivity (Wildman–Crippen MR) is 48.3 cm³/mol. The van der Waals surface area contributed by atoms with Crippen molar-refractivity contribution in [3.05, 3.63) is 29.6 Å². The van der Waals surface area contributed by atoms with E-state index in [9.17, 15) is 14.0 Å². The van der Waals surface area contributed by atoms with Gasteiger partial charge in [-0.15, -0.1) is 0 Å². The van der Waals surface area contributed by atoms with Gasteiger partial charge in [0, 0.05) is 11.6 Å². The van der Waals surface area contributed by atoms with Crippen LogP contribution in [0.15, 0.2) is 18.2 Å². The Morgan fingerprint density at radius 1 is 1.43 bits per heavy atom. The fraction of sp³-hybridized carbons (Fsp3) is 0.111. The first-order valence-electron chi connectivity index (χ1n) is 3.68. The second-order valence-electron chi connectivity index (χ2n) is 2.54. The summed E-state index contributed by atoms with van der Waals surface area (Å²) in [6, 6.07) is 3.23. The third kappa shape index (κ3) is 2.53. The molecule has 3 nitrogen and oxygen atoms in total. The van der Waals surface area contributed by atoms with E-state index < -0.39 is 17.0 Å². The van der Waals surface area contributed by atoms with Gasteiger partial charge in [-0.1, -0.05) is 0 Å². The molecule has 14 heavy (non-hydrogen) atoms. The molecule has 0 atom stereocenters. The second kappa shape index (κ2) is 4.19. The molecule has 1 rings (SSSR count). The largest absolute Gasteiger partial charge is 0.414 e. The summed E-state index contributed by atoms with van der Waals surface area (Å²) >= 11 is 4.96. The Morgan fingerprint density at radius 2 is 2.07 bits per heavy atom. The quantitative estimate of drug-likeness (QED) is 0.564. The third-order valence-electron chi connectivity index (χ3n) is 1.51. The fourth-order valence-corrected chi connectivity index (χ4v) is 1.04. The lowest BCUT2D eigenvalue weighted by molar-refractivity contribution is 0.101. The summed E-state index contributed by atoms with van der Waals surface area (Å²) in [4.78, 5) is 21.4. The summed E-state index contributed by atoms with van der Waals surface area (Å²) in [6.07, 6.45) is 0. The Labute approximate surface area is 84.4 Å². The minimum absolute atomic E-state index is 0.0148. The lowest BCUT2D eigenvalue weighted by Gasteiger charge is -2.04. The predicted octanol–water partition coefficient (Wildman–Crippen LogP) is 2.77. The summed E-state index contributed by atoms with van der Waals surface area (Å²) in [6.45, 7) is 1.24. The van der Waals surface area contributed by atoms with Crippen LogP contribution in [0.2, 0.25) is 0 Å². The number of hydrogen-bond donors (Lipinski definition) is 0. The molecule has 0 bridgehead atoms. The van der Waals surface area contributed by atoms with Gasteiger partial charge < -0.3 is 4.74 Å². The number of Topliss-reactive ketones (excluding diaryl/α,β-unsaturated/α-hetero) is 1. The molecule has 1 aromatic rings. The van der Waals surface area contributed by atoms with E-state index in [1.54, 1.807) is 0 Å². The standard InChI is InChI=1S/C9H6ClFO3/c1-5(12)7-4-6(11)2-3-8(7)14-9(10)13/h2-4H,1H3. The minimum Gasteiger partial charge on any atom is -0.414 e. The average molecular weight is 217 g/mol. The van der Waals surface area contributed by atoms with Crippen LogP contribution in [0, 0.1) is 5.82 Å². The number of rotatable bonds is 2. The first kappa shape index (κ1) is 10.7. The molecular formula is C9H6ClFO3. The van der Waals surface area contributed by atoms with E-state index in [1.807, 2.05) is 0 Å². The van der Waals surface area contributed by atoms with E-state index in [0.717, 1.165) is 12.1 Å². The van der Waals surface area contributed by atoms with Crippen LogP contribution in [0.4, 0.5) is 9.18 Å². The molecule has 0 radical (unpaired) electrons. The fourth-order valence-electron chi connectivity index (χ4n) is 0.953. The van der Waals surface area contributed by atoms with Crippen LogP contribution in [-0.2, 0) is 0 Å². The highest BCUT2D eigenvalue weighted by Gasteiger charge is 2.11. The lowest BCUT2D eigenvalue weighted by Crippen LogP contribution is -2.03. The molecule has 0 amide bonds. The number of carbonyl (C=O) groups excluding carboxylic acids is 2. The molecule has 0 saturated heterocycles. The Morgan fingerprint density at radius 3 is 2.57 bits per heavy atom. The molecule has 0 N–H and O–H groups in total. The minimum atomic E-state index is -1.07. The van der Waals surface area contributed by atoms with E-state index in [4.69, 9.17) is 11.6 Å². The molecular weight excluding hydrogens is 211 g/mol. The number of ketones is 1. The van der Waals surface area contributed by atoms with Gasteiger partial charge in [0.2, 0.25) is 0 Å². The molecule has 0 unspecified atom stereocenters. The Bertz CT molecular complexity index is 390. The summed E-state index contributed by atoms with van der Waals surface area (Å²) in [7, 11) is 0. The maximum Gasteiger partial charge on any atom is 0.409 e. The molecule has 74 valence electrons. The van der Waals surface area contributed by atoms with Crippen LogP contribution in [0.1, 0.15) is 17.3 Å². The van der Waals surface area contributed by atoms with Crippen molar-refractivity contribution in [2.75, 3.05) is 0 Å². The average Bonchev–Trinajstić information content (AvgIpc) is 2.07. The zero-order valence-electron chi connectivity index (χ0n) is 7.21. The molecule has 0 heterocycles. The molecule has 0 saturated carbocycles. The van der Waals surface area contributed by atoms with Crippen molar-refractivity contribution in [3.8, 4) is 5.75 Å². The van der Waals surface area contributed by atoms with E-state index in [1.165, 1.54) is 13.0 Å². The summed E-state index contributed by atoms with van der Waals surface area (Å²) < 4.78 is 17.2. The molecule has 0 aliphatic rings. The van der Waals surface area contributed by atoms with Crippen molar-refractivity contribution >= 4 is 22.8 Å². The van der Waals surface area contributed by atoms with E-state index in [-0.39, 0.29) is 11.3 Å². The van der Waals surface area contributed by atoms with Crippen molar-refractivity contribution in [1.29, 1.82) is 0 Å². The Balaban J connectivity index is 3.14. The maximum absolute atomic E-state index is 12.7. The van der Waals surface area contributed by atoms with Crippen LogP contribution in [0.3, 0.4) is 0 Å². The SMILES string of the molecule is CC(=O)c1cc(F)ccc1OC(=O)Cl. The molecule has 0 aliphatic carbocycles. The zero-order valence-corrected chi connectivity index (χ0v) is 7.97. The normalized spacial score (nSPS) is 9.64. The van der Waals surface area contributed by atoms with Crippen molar-refractivity contribution in [1.82, 2.24) is 0 Å². The van der Waals surface area contributed by atoms with E-state index in [2.05, 4.69) is 4.74 Å². The van der Waals surface area contributed by atoms with Crippen molar-refractivity contribution in [3.63, 3.8) is 0 Å². The maximum atomic E-state index is 12.7. The van der Waals surface area contributed by atoms with Crippen molar-refractivity contribution in [2.24, 2.45) is 0 Å². The summed E-state index contributed by atoms with van der Waals surface area (Å²) in [5, 5.41) is 0. The molecule has 1 aromatic carbocycles. The topological polar surface area (TPSA) is 43.4 Å². The van der Waals surface area contributed by atoms with Crippen LogP contribution >= 0.6 is 11.6 Å². The molecule has 0 aliphatic heterocycles. The van der Waals surface area contributed by atoms with E-state index in [0.29, 0.717) is 0 Å². The van der Waals surface area contributed by atoms with Crippen LogP contribution < -0.4 is 4.74 Å². The van der Waals surface area contributed by atoms with Gasteiger partial charge in [0.05, 0.1) is 5.56 Å². The van der Waals surface area contributed by atoms with E-state index >= 15 is 0 Å². The van der Waals surface area contributed by atoms with Gasteiger partial charge in [-0.2, -0.15) is 0 Å². The zero-order chi connectivity index (χ0) is 10.7. The number of benzene rings is 1. The molecule has 0 aromatic heterocycles. The van der Waals surface area contributed by atoms with Gasteiger partial charge in [-0.3, -0.25) is 4.79 Å². The first-order chi connectivity index (χ1) is 6.50. The lowest BCUT2D eigenvalue weighted by atomic mass is 10.1. The van der Waals surface area contributed by atoms with Crippen LogP contribution in [0.25, 0.3) is 0 Å². The van der Waals surface area contributed by atoms with Gasteiger partial charge in [-0.25, -0.2) is 9.18 Å². The van der Waals surface area contributed by atoms with Gasteiger partial charge >= 0.3 is 5.43 Å². The monoisotopic (exact) mass is 216 g/mol. The number of halogens is 2. The summed E-state index contributed by atoms with van der Waals surface area (Å²) in [5.74, 6) is -1.03.